The first-order chi connectivity index (χ1) is 8.61. The molecule has 1 atom stereocenters. The van der Waals surface area contributed by atoms with Crippen molar-refractivity contribution in [3.8, 4) is 0 Å². The molecule has 0 aliphatic heterocycles. The molecular weight excluding hydrogens is 229 g/mol. The van der Waals surface area contributed by atoms with E-state index in [1.54, 1.807) is 37.1 Å². The smallest absolute Gasteiger partial charge is 0.146 e. The summed E-state index contributed by atoms with van der Waals surface area (Å²) in [5, 5.41) is 9.75. The molecule has 0 saturated heterocycles. The summed E-state index contributed by atoms with van der Waals surface area (Å²) in [6, 6.07) is 14.0. The topological polar surface area (TPSA) is 23.5 Å². The Hall–Kier alpha value is -1.87. The van der Waals surface area contributed by atoms with Crippen molar-refractivity contribution in [1.29, 1.82) is 0 Å². The normalized spacial score (nSPS) is 12.2. The Balaban J connectivity index is 2.46. The Morgan fingerprint density at radius 3 is 2.17 bits per heavy atom. The maximum absolute atomic E-state index is 13.8. The van der Waals surface area contributed by atoms with Gasteiger partial charge in [-0.2, -0.15) is 0 Å². The van der Waals surface area contributed by atoms with Gasteiger partial charge in [0.1, 0.15) is 5.82 Å². The van der Waals surface area contributed by atoms with Crippen LogP contribution in [0.4, 0.5) is 15.8 Å². The van der Waals surface area contributed by atoms with Gasteiger partial charge in [0, 0.05) is 18.3 Å². The molecule has 1 N–H and O–H groups in total. The van der Waals surface area contributed by atoms with Crippen molar-refractivity contribution in [1.82, 2.24) is 0 Å². The van der Waals surface area contributed by atoms with Gasteiger partial charge in [0.25, 0.3) is 0 Å². The zero-order valence-corrected chi connectivity index (χ0v) is 10.5. The summed E-state index contributed by atoms with van der Waals surface area (Å²) >= 11 is 0. The van der Waals surface area contributed by atoms with E-state index < -0.39 is 6.10 Å². The fraction of sp³-hybridized carbons (Fsp3) is 0.200. The average Bonchev–Trinajstić information content (AvgIpc) is 2.38. The van der Waals surface area contributed by atoms with Crippen LogP contribution in [-0.4, -0.2) is 12.2 Å². The van der Waals surface area contributed by atoms with Gasteiger partial charge in [-0.25, -0.2) is 4.39 Å². The summed E-state index contributed by atoms with van der Waals surface area (Å²) in [5.74, 6) is -0.277. The molecule has 0 bridgehead atoms. The van der Waals surface area contributed by atoms with Crippen LogP contribution >= 0.6 is 0 Å². The lowest BCUT2D eigenvalue weighted by Gasteiger charge is -2.24. The molecule has 2 aromatic carbocycles. The third-order valence-electron chi connectivity index (χ3n) is 2.96. The van der Waals surface area contributed by atoms with E-state index in [2.05, 4.69) is 0 Å². The standard InChI is InChI=1S/C15H16FNO/c1-11(18)12-7-3-5-9-14(12)17(2)15-10-6-4-8-13(15)16/h3-11,18H,1-2H3/t11-/m0/s1. The van der Waals surface area contributed by atoms with Crippen molar-refractivity contribution in [2.75, 3.05) is 11.9 Å². The van der Waals surface area contributed by atoms with E-state index in [9.17, 15) is 9.50 Å². The minimum atomic E-state index is -0.588. The highest BCUT2D eigenvalue weighted by molar-refractivity contribution is 5.66. The fourth-order valence-corrected chi connectivity index (χ4v) is 2.00. The number of hydrogen-bond acceptors (Lipinski definition) is 2. The maximum atomic E-state index is 13.8. The zero-order valence-electron chi connectivity index (χ0n) is 10.5. The highest BCUT2D eigenvalue weighted by atomic mass is 19.1. The highest BCUT2D eigenvalue weighted by Crippen LogP contribution is 2.31. The number of rotatable bonds is 3. The second-order valence-electron chi connectivity index (χ2n) is 4.25. The van der Waals surface area contributed by atoms with Crippen LogP contribution in [0.3, 0.4) is 0 Å². The minimum absolute atomic E-state index is 0.277. The molecule has 18 heavy (non-hydrogen) atoms. The largest absolute Gasteiger partial charge is 0.389 e. The van der Waals surface area contributed by atoms with Gasteiger partial charge in [-0.05, 0) is 25.1 Å². The summed E-state index contributed by atoms with van der Waals surface area (Å²) in [5.41, 5.74) is 2.08. The summed E-state index contributed by atoms with van der Waals surface area (Å²) in [6.45, 7) is 1.70. The van der Waals surface area contributed by atoms with Crippen LogP contribution < -0.4 is 4.90 Å². The number of anilines is 2. The summed E-state index contributed by atoms with van der Waals surface area (Å²) in [7, 11) is 1.79. The van der Waals surface area contributed by atoms with Gasteiger partial charge in [0.2, 0.25) is 0 Å². The number of benzene rings is 2. The van der Waals surface area contributed by atoms with Crippen molar-refractivity contribution >= 4 is 11.4 Å². The molecule has 0 spiro atoms. The predicted octanol–water partition coefficient (Wildman–Crippen LogP) is 3.65. The van der Waals surface area contributed by atoms with Crippen LogP contribution in [-0.2, 0) is 0 Å². The molecule has 0 unspecified atom stereocenters. The van der Waals surface area contributed by atoms with Gasteiger partial charge in [0.05, 0.1) is 11.8 Å². The van der Waals surface area contributed by atoms with Crippen molar-refractivity contribution in [3.63, 3.8) is 0 Å². The van der Waals surface area contributed by atoms with Crippen LogP contribution in [0.2, 0.25) is 0 Å². The van der Waals surface area contributed by atoms with Crippen LogP contribution in [0, 0.1) is 5.82 Å². The van der Waals surface area contributed by atoms with Crippen molar-refractivity contribution in [3.05, 3.63) is 59.9 Å². The van der Waals surface area contributed by atoms with Gasteiger partial charge >= 0.3 is 0 Å². The van der Waals surface area contributed by atoms with E-state index >= 15 is 0 Å². The minimum Gasteiger partial charge on any atom is -0.389 e. The predicted molar refractivity (Wildman–Crippen MR) is 71.5 cm³/mol. The zero-order chi connectivity index (χ0) is 13.1. The molecule has 0 amide bonds. The lowest BCUT2D eigenvalue weighted by molar-refractivity contribution is 0.200. The molecule has 0 radical (unpaired) electrons. The Morgan fingerprint density at radius 2 is 1.56 bits per heavy atom. The molecule has 0 aliphatic carbocycles. The second-order valence-corrected chi connectivity index (χ2v) is 4.25. The van der Waals surface area contributed by atoms with Crippen molar-refractivity contribution in [2.45, 2.75) is 13.0 Å². The molecule has 0 aromatic heterocycles. The summed E-state index contributed by atoms with van der Waals surface area (Å²) in [4.78, 5) is 1.75. The van der Waals surface area contributed by atoms with Gasteiger partial charge in [-0.1, -0.05) is 30.3 Å². The van der Waals surface area contributed by atoms with Gasteiger partial charge in [-0.15, -0.1) is 0 Å². The number of hydrogen-bond donors (Lipinski definition) is 1. The van der Waals surface area contributed by atoms with E-state index in [1.807, 2.05) is 24.3 Å². The fourth-order valence-electron chi connectivity index (χ4n) is 2.00. The highest BCUT2D eigenvalue weighted by Gasteiger charge is 2.14. The van der Waals surface area contributed by atoms with Gasteiger partial charge in [-0.3, -0.25) is 0 Å². The van der Waals surface area contributed by atoms with Gasteiger partial charge in [0.15, 0.2) is 0 Å². The maximum Gasteiger partial charge on any atom is 0.146 e. The van der Waals surface area contributed by atoms with Gasteiger partial charge < -0.3 is 10.0 Å². The lowest BCUT2D eigenvalue weighted by atomic mass is 10.1. The SMILES string of the molecule is C[C@H](O)c1ccccc1N(C)c1ccccc1F. The Bertz CT molecular complexity index is 540. The first kappa shape index (κ1) is 12.6. The third kappa shape index (κ3) is 2.36. The van der Waals surface area contributed by atoms with Crippen LogP contribution in [0.15, 0.2) is 48.5 Å². The Kier molecular flexibility index (Phi) is 3.63. The number of aliphatic hydroxyl groups excluding tert-OH is 1. The van der Waals surface area contributed by atoms with Crippen LogP contribution in [0.25, 0.3) is 0 Å². The lowest BCUT2D eigenvalue weighted by Crippen LogP contribution is -2.14. The molecule has 0 heterocycles. The van der Waals surface area contributed by atoms with Crippen LogP contribution in [0.1, 0.15) is 18.6 Å². The first-order valence-corrected chi connectivity index (χ1v) is 5.86. The molecule has 2 rings (SSSR count). The molecule has 3 heteroatoms. The number of aliphatic hydroxyl groups is 1. The first-order valence-electron chi connectivity index (χ1n) is 5.86. The number of halogens is 1. The second kappa shape index (κ2) is 5.19. The van der Waals surface area contributed by atoms with E-state index in [-0.39, 0.29) is 5.82 Å². The Morgan fingerprint density at radius 1 is 1.00 bits per heavy atom. The monoisotopic (exact) mass is 245 g/mol. The van der Waals surface area contributed by atoms with E-state index in [4.69, 9.17) is 0 Å². The molecule has 0 fully saturated rings. The van der Waals surface area contributed by atoms with Crippen molar-refractivity contribution in [2.24, 2.45) is 0 Å². The van der Waals surface area contributed by atoms with E-state index in [1.165, 1.54) is 6.07 Å². The number of nitrogens with zero attached hydrogens (tertiary/aromatic N) is 1. The molecule has 0 saturated carbocycles. The number of para-hydroxylation sites is 2. The Labute approximate surface area is 106 Å². The van der Waals surface area contributed by atoms with Crippen LogP contribution in [0.5, 0.6) is 0 Å². The molecule has 2 nitrogen and oxygen atoms in total. The van der Waals surface area contributed by atoms with Crippen molar-refractivity contribution < 1.29 is 9.50 Å². The molecule has 94 valence electrons. The quantitative estimate of drug-likeness (QED) is 0.892. The molecule has 2 aromatic rings. The summed E-state index contributed by atoms with van der Waals surface area (Å²) in [6.07, 6.45) is -0.588. The average molecular weight is 245 g/mol. The van der Waals surface area contributed by atoms with E-state index in [0.717, 1.165) is 11.3 Å². The third-order valence-corrected chi connectivity index (χ3v) is 2.96. The molecule has 0 aliphatic rings. The summed E-state index contributed by atoms with van der Waals surface area (Å²) < 4.78 is 13.8. The molecular formula is C15H16FNO. The van der Waals surface area contributed by atoms with E-state index in [0.29, 0.717) is 5.69 Å².